The summed E-state index contributed by atoms with van der Waals surface area (Å²) >= 11 is 3.02. The van der Waals surface area contributed by atoms with E-state index in [-0.39, 0.29) is 10.3 Å². The Labute approximate surface area is 116 Å². The first-order valence-electron chi connectivity index (χ1n) is 5.11. The highest BCUT2D eigenvalue weighted by Crippen LogP contribution is 2.24. The van der Waals surface area contributed by atoms with Gasteiger partial charge in [-0.2, -0.15) is 5.10 Å². The highest BCUT2D eigenvalue weighted by atomic mass is 79.9. The van der Waals surface area contributed by atoms with Crippen LogP contribution in [0.25, 0.3) is 5.69 Å². The zero-order valence-corrected chi connectivity index (χ0v) is 11.3. The molecule has 0 bridgehead atoms. The van der Waals surface area contributed by atoms with Gasteiger partial charge in [-0.3, -0.25) is 10.1 Å². The number of rotatable bonds is 3. The average Bonchev–Trinajstić information content (AvgIpc) is 2.80. The molecule has 0 amide bonds. The summed E-state index contributed by atoms with van der Waals surface area (Å²) in [5.74, 6) is -0.445. The molecule has 98 valence electrons. The lowest BCUT2D eigenvalue weighted by Gasteiger charge is -2.02. The van der Waals surface area contributed by atoms with Crippen molar-refractivity contribution in [3.05, 3.63) is 50.7 Å². The minimum absolute atomic E-state index is 0.128. The van der Waals surface area contributed by atoms with Crippen LogP contribution >= 0.6 is 15.9 Å². The number of esters is 1. The second-order valence-electron chi connectivity index (χ2n) is 3.55. The van der Waals surface area contributed by atoms with Crippen LogP contribution in [0.5, 0.6) is 0 Å². The van der Waals surface area contributed by atoms with Gasteiger partial charge in [0.25, 0.3) is 0 Å². The van der Waals surface area contributed by atoms with E-state index in [1.807, 2.05) is 0 Å². The quantitative estimate of drug-likeness (QED) is 0.491. The Morgan fingerprint density at radius 3 is 2.53 bits per heavy atom. The van der Waals surface area contributed by atoms with E-state index in [1.165, 1.54) is 18.0 Å². The summed E-state index contributed by atoms with van der Waals surface area (Å²) in [5.41, 5.74) is 0.866. The van der Waals surface area contributed by atoms with Crippen LogP contribution in [0.3, 0.4) is 0 Å². The van der Waals surface area contributed by atoms with Gasteiger partial charge in [0.15, 0.2) is 0 Å². The Hall–Kier alpha value is -2.22. The monoisotopic (exact) mass is 325 g/mol. The lowest BCUT2D eigenvalue weighted by atomic mass is 10.2. The summed E-state index contributed by atoms with van der Waals surface area (Å²) in [7, 11) is 1.30. The summed E-state index contributed by atoms with van der Waals surface area (Å²) in [6.07, 6.45) is 1.29. The highest BCUT2D eigenvalue weighted by molar-refractivity contribution is 9.10. The van der Waals surface area contributed by atoms with Gasteiger partial charge in [0.1, 0.15) is 6.20 Å². The molecule has 1 aromatic carbocycles. The van der Waals surface area contributed by atoms with Crippen molar-refractivity contribution in [2.24, 2.45) is 0 Å². The Morgan fingerprint density at radius 2 is 2.05 bits per heavy atom. The van der Waals surface area contributed by atoms with Crippen molar-refractivity contribution in [1.29, 1.82) is 0 Å². The molecule has 7 nitrogen and oxygen atoms in total. The summed E-state index contributed by atoms with van der Waals surface area (Å²) < 4.78 is 6.08. The number of hydrogen-bond acceptors (Lipinski definition) is 5. The summed E-state index contributed by atoms with van der Waals surface area (Å²) in [6, 6.07) is 6.36. The van der Waals surface area contributed by atoms with Crippen LogP contribution in [0, 0.1) is 10.1 Å². The maximum atomic E-state index is 11.3. The van der Waals surface area contributed by atoms with Crippen LogP contribution in [0.2, 0.25) is 0 Å². The third kappa shape index (κ3) is 2.63. The number of nitrogens with zero attached hydrogens (tertiary/aromatic N) is 3. The van der Waals surface area contributed by atoms with Crippen molar-refractivity contribution in [2.75, 3.05) is 7.11 Å². The number of carbonyl (C=O) groups excluding carboxylic acids is 1. The number of halogens is 1. The number of carbonyl (C=O) groups is 1. The first kappa shape index (κ1) is 13.2. The summed E-state index contributed by atoms with van der Waals surface area (Å²) in [4.78, 5) is 21.4. The molecule has 19 heavy (non-hydrogen) atoms. The van der Waals surface area contributed by atoms with Crippen molar-refractivity contribution >= 4 is 27.6 Å². The van der Waals surface area contributed by atoms with E-state index < -0.39 is 10.9 Å². The molecule has 0 atom stereocenters. The average molecular weight is 326 g/mol. The highest BCUT2D eigenvalue weighted by Gasteiger charge is 2.17. The molecule has 2 rings (SSSR count). The lowest BCUT2D eigenvalue weighted by molar-refractivity contribution is -0.385. The molecule has 0 N–H and O–H groups in total. The number of benzene rings is 1. The smallest absolute Gasteiger partial charge is 0.337 e. The van der Waals surface area contributed by atoms with Crippen LogP contribution in [0.1, 0.15) is 10.4 Å². The fourth-order valence-corrected chi connectivity index (χ4v) is 1.88. The van der Waals surface area contributed by atoms with Crippen LogP contribution in [0.4, 0.5) is 5.69 Å². The van der Waals surface area contributed by atoms with Gasteiger partial charge in [-0.15, -0.1) is 0 Å². The number of ether oxygens (including phenoxy) is 1. The standard InChI is InChI=1S/C11H8BrN3O4/c1-19-11(16)7-2-4-8(5-3-7)14-6-9(15(17)18)10(12)13-14/h2-6H,1H3. The number of methoxy groups -OCH3 is 1. The number of aromatic nitrogens is 2. The van der Waals surface area contributed by atoms with Gasteiger partial charge in [-0.25, -0.2) is 9.48 Å². The minimum Gasteiger partial charge on any atom is -0.465 e. The molecule has 0 unspecified atom stereocenters. The second kappa shape index (κ2) is 5.19. The van der Waals surface area contributed by atoms with Gasteiger partial charge in [0.05, 0.1) is 23.3 Å². The van der Waals surface area contributed by atoms with Gasteiger partial charge in [0.2, 0.25) is 4.60 Å². The van der Waals surface area contributed by atoms with E-state index in [2.05, 4.69) is 25.8 Å². The molecular weight excluding hydrogens is 318 g/mol. The zero-order valence-electron chi connectivity index (χ0n) is 9.74. The van der Waals surface area contributed by atoms with Crippen molar-refractivity contribution in [1.82, 2.24) is 9.78 Å². The molecule has 0 aliphatic rings. The molecular formula is C11H8BrN3O4. The van der Waals surface area contributed by atoms with Gasteiger partial charge >= 0.3 is 11.7 Å². The molecule has 0 radical (unpaired) electrons. The Balaban J connectivity index is 2.35. The molecule has 8 heteroatoms. The molecule has 1 aromatic heterocycles. The predicted molar refractivity (Wildman–Crippen MR) is 69.3 cm³/mol. The van der Waals surface area contributed by atoms with E-state index >= 15 is 0 Å². The Bertz CT molecular complexity index is 636. The van der Waals surface area contributed by atoms with Crippen molar-refractivity contribution in [3.8, 4) is 5.69 Å². The fraction of sp³-hybridized carbons (Fsp3) is 0.0909. The first-order chi connectivity index (χ1) is 9.02. The van der Waals surface area contributed by atoms with E-state index in [0.29, 0.717) is 11.3 Å². The molecule has 0 spiro atoms. The zero-order chi connectivity index (χ0) is 14.0. The van der Waals surface area contributed by atoms with Crippen LogP contribution in [-0.4, -0.2) is 27.8 Å². The van der Waals surface area contributed by atoms with Crippen molar-refractivity contribution < 1.29 is 14.5 Å². The molecule has 0 fully saturated rings. The van der Waals surface area contributed by atoms with Crippen LogP contribution in [0.15, 0.2) is 35.1 Å². The summed E-state index contributed by atoms with van der Waals surface area (Å²) in [6.45, 7) is 0. The van der Waals surface area contributed by atoms with Gasteiger partial charge in [-0.1, -0.05) is 0 Å². The van der Waals surface area contributed by atoms with Crippen LogP contribution in [-0.2, 0) is 4.74 Å². The van der Waals surface area contributed by atoms with Gasteiger partial charge in [0, 0.05) is 0 Å². The normalized spacial score (nSPS) is 10.2. The Kier molecular flexibility index (Phi) is 3.61. The number of hydrogen-bond donors (Lipinski definition) is 0. The largest absolute Gasteiger partial charge is 0.465 e. The SMILES string of the molecule is COC(=O)c1ccc(-n2cc([N+](=O)[O-])c(Br)n2)cc1. The molecule has 2 aromatic rings. The fourth-order valence-electron chi connectivity index (χ4n) is 1.47. The maximum absolute atomic E-state index is 11.3. The molecule has 0 saturated carbocycles. The molecule has 1 heterocycles. The molecule has 0 saturated heterocycles. The minimum atomic E-state index is -0.531. The molecule has 0 aliphatic heterocycles. The maximum Gasteiger partial charge on any atom is 0.337 e. The first-order valence-corrected chi connectivity index (χ1v) is 5.90. The molecule has 0 aliphatic carbocycles. The summed E-state index contributed by atoms with van der Waals surface area (Å²) in [5, 5.41) is 14.7. The van der Waals surface area contributed by atoms with E-state index in [1.54, 1.807) is 24.3 Å². The number of nitro groups is 1. The lowest BCUT2D eigenvalue weighted by Crippen LogP contribution is -2.01. The van der Waals surface area contributed by atoms with Crippen molar-refractivity contribution in [2.45, 2.75) is 0 Å². The van der Waals surface area contributed by atoms with E-state index in [0.717, 1.165) is 0 Å². The third-order valence-electron chi connectivity index (χ3n) is 2.40. The Morgan fingerprint density at radius 1 is 1.42 bits per heavy atom. The second-order valence-corrected chi connectivity index (χ2v) is 4.30. The van der Waals surface area contributed by atoms with Crippen molar-refractivity contribution in [3.63, 3.8) is 0 Å². The predicted octanol–water partition coefficient (Wildman–Crippen LogP) is 2.33. The van der Waals surface area contributed by atoms with Gasteiger partial charge in [-0.05, 0) is 40.2 Å². The van der Waals surface area contributed by atoms with E-state index in [9.17, 15) is 14.9 Å². The van der Waals surface area contributed by atoms with Gasteiger partial charge < -0.3 is 4.74 Å². The third-order valence-corrected chi connectivity index (χ3v) is 2.97. The van der Waals surface area contributed by atoms with Crippen LogP contribution < -0.4 is 0 Å². The topological polar surface area (TPSA) is 87.3 Å². The van der Waals surface area contributed by atoms with E-state index in [4.69, 9.17) is 0 Å².